The first-order chi connectivity index (χ1) is 13.3. The molecule has 1 N–H and O–H groups in total. The third-order valence-corrected chi connectivity index (χ3v) is 5.15. The quantitative estimate of drug-likeness (QED) is 0.362. The maximum Gasteiger partial charge on any atom is 0.159 e. The van der Waals surface area contributed by atoms with E-state index in [1.807, 2.05) is 24.5 Å². The summed E-state index contributed by atoms with van der Waals surface area (Å²) in [6, 6.07) is 7.02. The number of hydrogen-bond donors (Lipinski definition) is 1. The Bertz CT molecular complexity index is 607. The van der Waals surface area contributed by atoms with E-state index in [0.717, 1.165) is 12.0 Å². The molecule has 27 heavy (non-hydrogen) atoms. The molecule has 0 bridgehead atoms. The maximum absolute atomic E-state index is 9.35. The van der Waals surface area contributed by atoms with Crippen LogP contribution < -0.4 is 0 Å². The summed E-state index contributed by atoms with van der Waals surface area (Å²) in [7, 11) is 0. The summed E-state index contributed by atoms with van der Waals surface area (Å²) in [5.74, 6) is 0.982. The summed E-state index contributed by atoms with van der Waals surface area (Å²) >= 11 is 0. The molecule has 2 rings (SSSR count). The normalized spacial score (nSPS) is 11.0. The zero-order valence-electron chi connectivity index (χ0n) is 17.0. The highest BCUT2D eigenvalue weighted by Gasteiger charge is 2.02. The lowest BCUT2D eigenvalue weighted by Crippen LogP contribution is -1.93. The Balaban J connectivity index is 1.50. The molecule has 1 aromatic heterocycles. The van der Waals surface area contributed by atoms with Crippen LogP contribution in [0.25, 0.3) is 11.4 Å². The lowest BCUT2D eigenvalue weighted by molar-refractivity contribution is 0.475. The van der Waals surface area contributed by atoms with Crippen molar-refractivity contribution in [2.24, 2.45) is 0 Å². The van der Waals surface area contributed by atoms with Crippen molar-refractivity contribution in [3.63, 3.8) is 0 Å². The van der Waals surface area contributed by atoms with Crippen LogP contribution in [0.2, 0.25) is 0 Å². The van der Waals surface area contributed by atoms with E-state index in [-0.39, 0.29) is 5.75 Å². The van der Waals surface area contributed by atoms with Gasteiger partial charge in [0.05, 0.1) is 0 Å². The van der Waals surface area contributed by atoms with Crippen molar-refractivity contribution in [3.05, 3.63) is 42.2 Å². The van der Waals surface area contributed by atoms with Gasteiger partial charge in [0.15, 0.2) is 5.82 Å². The van der Waals surface area contributed by atoms with Crippen LogP contribution >= 0.6 is 0 Å². The largest absolute Gasteiger partial charge is 0.508 e. The van der Waals surface area contributed by atoms with Crippen LogP contribution in [0.5, 0.6) is 5.75 Å². The van der Waals surface area contributed by atoms with Gasteiger partial charge in [-0.05, 0) is 42.7 Å². The molecular weight excluding hydrogens is 332 g/mol. The average Bonchev–Trinajstić information content (AvgIpc) is 2.70. The van der Waals surface area contributed by atoms with Gasteiger partial charge in [0.2, 0.25) is 0 Å². The van der Waals surface area contributed by atoms with E-state index >= 15 is 0 Å². The second-order valence-electron chi connectivity index (χ2n) is 7.60. The summed E-state index contributed by atoms with van der Waals surface area (Å²) in [6.45, 7) is 2.28. The van der Waals surface area contributed by atoms with Crippen molar-refractivity contribution in [1.29, 1.82) is 0 Å². The highest BCUT2D eigenvalue weighted by molar-refractivity contribution is 5.55. The van der Waals surface area contributed by atoms with Gasteiger partial charge in [-0.2, -0.15) is 0 Å². The number of nitrogens with zero attached hydrogens (tertiary/aromatic N) is 2. The molecule has 0 aliphatic rings. The van der Waals surface area contributed by atoms with E-state index in [1.54, 1.807) is 12.1 Å². The fourth-order valence-electron chi connectivity index (χ4n) is 3.41. The first kappa shape index (κ1) is 21.4. The molecule has 0 atom stereocenters. The van der Waals surface area contributed by atoms with Crippen LogP contribution in [0.4, 0.5) is 0 Å². The second-order valence-corrected chi connectivity index (χ2v) is 7.60. The molecule has 1 heterocycles. The Morgan fingerprint density at radius 2 is 1.15 bits per heavy atom. The topological polar surface area (TPSA) is 46.0 Å². The van der Waals surface area contributed by atoms with Crippen LogP contribution in [0, 0.1) is 0 Å². The monoisotopic (exact) mass is 368 g/mol. The Morgan fingerprint density at radius 3 is 1.67 bits per heavy atom. The molecule has 3 heteroatoms. The van der Waals surface area contributed by atoms with Gasteiger partial charge in [-0.15, -0.1) is 0 Å². The van der Waals surface area contributed by atoms with Gasteiger partial charge in [-0.25, -0.2) is 9.97 Å². The lowest BCUT2D eigenvalue weighted by atomic mass is 10.0. The third-order valence-electron chi connectivity index (χ3n) is 5.15. The molecule has 148 valence electrons. The summed E-state index contributed by atoms with van der Waals surface area (Å²) < 4.78 is 0. The molecule has 0 aliphatic heterocycles. The first-order valence-electron chi connectivity index (χ1n) is 10.9. The standard InChI is InChI=1S/C24H36N2O/c1-2-3-4-5-6-7-8-9-10-11-12-13-14-21-19-25-24(26-20-21)22-15-17-23(27)18-16-22/h15-20,27H,2-14H2,1H3. The second kappa shape index (κ2) is 13.3. The Morgan fingerprint density at radius 1 is 0.667 bits per heavy atom. The first-order valence-corrected chi connectivity index (χ1v) is 10.9. The number of hydrogen-bond acceptors (Lipinski definition) is 3. The molecule has 3 nitrogen and oxygen atoms in total. The molecule has 0 radical (unpaired) electrons. The number of aromatic nitrogens is 2. The number of rotatable bonds is 14. The number of phenols is 1. The molecule has 0 unspecified atom stereocenters. The lowest BCUT2D eigenvalue weighted by Gasteiger charge is -2.04. The molecule has 0 fully saturated rings. The Labute approximate surface area is 165 Å². The zero-order valence-corrected chi connectivity index (χ0v) is 17.0. The van der Waals surface area contributed by atoms with Crippen LogP contribution in [-0.4, -0.2) is 15.1 Å². The van der Waals surface area contributed by atoms with Crippen molar-refractivity contribution in [2.45, 2.75) is 90.4 Å². The molecule has 0 aliphatic carbocycles. The molecule has 0 saturated carbocycles. The van der Waals surface area contributed by atoms with Gasteiger partial charge in [0.25, 0.3) is 0 Å². The van der Waals surface area contributed by atoms with Crippen molar-refractivity contribution in [2.75, 3.05) is 0 Å². The number of benzene rings is 1. The Hall–Kier alpha value is -1.90. The fraction of sp³-hybridized carbons (Fsp3) is 0.583. The van der Waals surface area contributed by atoms with E-state index in [1.165, 1.54) is 82.6 Å². The van der Waals surface area contributed by atoms with Crippen molar-refractivity contribution in [3.8, 4) is 17.1 Å². The third kappa shape index (κ3) is 9.03. The summed E-state index contributed by atoms with van der Waals surface area (Å²) in [5.41, 5.74) is 2.15. The highest BCUT2D eigenvalue weighted by atomic mass is 16.3. The van der Waals surface area contributed by atoms with Crippen LogP contribution in [0.15, 0.2) is 36.7 Å². The minimum absolute atomic E-state index is 0.266. The minimum atomic E-state index is 0.266. The highest BCUT2D eigenvalue weighted by Crippen LogP contribution is 2.18. The average molecular weight is 369 g/mol. The van der Waals surface area contributed by atoms with E-state index < -0.39 is 0 Å². The van der Waals surface area contributed by atoms with E-state index in [9.17, 15) is 5.11 Å². The molecular formula is C24H36N2O. The van der Waals surface area contributed by atoms with E-state index in [2.05, 4.69) is 16.9 Å². The molecule has 2 aromatic rings. The van der Waals surface area contributed by atoms with E-state index in [0.29, 0.717) is 5.82 Å². The van der Waals surface area contributed by atoms with Crippen molar-refractivity contribution >= 4 is 0 Å². The van der Waals surface area contributed by atoms with Gasteiger partial charge >= 0.3 is 0 Å². The van der Waals surface area contributed by atoms with Gasteiger partial charge in [-0.3, -0.25) is 0 Å². The number of unbranched alkanes of at least 4 members (excludes halogenated alkanes) is 11. The minimum Gasteiger partial charge on any atom is -0.508 e. The molecule has 0 amide bonds. The summed E-state index contributed by atoms with van der Waals surface area (Å²) in [6.07, 6.45) is 21.5. The van der Waals surface area contributed by atoms with Gasteiger partial charge < -0.3 is 5.11 Å². The van der Waals surface area contributed by atoms with Crippen LogP contribution in [0.3, 0.4) is 0 Å². The van der Waals surface area contributed by atoms with Gasteiger partial charge in [0.1, 0.15) is 5.75 Å². The predicted octanol–water partition coefficient (Wildman–Crippen LogP) is 7.09. The summed E-state index contributed by atoms with van der Waals surface area (Å²) in [4.78, 5) is 8.92. The van der Waals surface area contributed by atoms with E-state index in [4.69, 9.17) is 0 Å². The number of aryl methyl sites for hydroxylation is 1. The summed E-state index contributed by atoms with van der Waals surface area (Å²) in [5, 5.41) is 9.35. The fourth-order valence-corrected chi connectivity index (χ4v) is 3.41. The van der Waals surface area contributed by atoms with Gasteiger partial charge in [-0.1, -0.05) is 77.6 Å². The van der Waals surface area contributed by atoms with Crippen LogP contribution in [-0.2, 0) is 6.42 Å². The number of phenolic OH excluding ortho intramolecular Hbond substituents is 1. The maximum atomic E-state index is 9.35. The Kier molecular flexibility index (Phi) is 10.5. The smallest absolute Gasteiger partial charge is 0.159 e. The van der Waals surface area contributed by atoms with Crippen molar-refractivity contribution < 1.29 is 5.11 Å². The van der Waals surface area contributed by atoms with Gasteiger partial charge in [0, 0.05) is 18.0 Å². The molecule has 0 saturated heterocycles. The van der Waals surface area contributed by atoms with Crippen molar-refractivity contribution in [1.82, 2.24) is 9.97 Å². The predicted molar refractivity (Wildman–Crippen MR) is 114 cm³/mol. The number of aromatic hydroxyl groups is 1. The van der Waals surface area contributed by atoms with Crippen LogP contribution in [0.1, 0.15) is 89.5 Å². The zero-order chi connectivity index (χ0) is 19.2. The molecule has 1 aromatic carbocycles. The molecule has 0 spiro atoms. The SMILES string of the molecule is CCCCCCCCCCCCCCc1cnc(-c2ccc(O)cc2)nc1.